The number of nitrogens with two attached hydrogens (primary N) is 1. The van der Waals surface area contributed by atoms with Crippen molar-refractivity contribution in [2.45, 2.75) is 16.2 Å². The van der Waals surface area contributed by atoms with Gasteiger partial charge in [0.1, 0.15) is 0 Å². The zero-order valence-electron chi connectivity index (χ0n) is 9.70. The Morgan fingerprint density at radius 1 is 0.889 bits per heavy atom. The van der Waals surface area contributed by atoms with Gasteiger partial charge in [-0.3, -0.25) is 0 Å². The molecule has 4 heteroatoms. The smallest absolute Gasteiger partial charge is 0.0545 e. The molecular formula is C14H13Cl2NS. The van der Waals surface area contributed by atoms with Crippen LogP contribution in [0.2, 0.25) is 10.0 Å². The minimum atomic E-state index is 0.583. The minimum absolute atomic E-state index is 0.583. The number of hydrogen-bond donors (Lipinski definition) is 1. The topological polar surface area (TPSA) is 26.0 Å². The summed E-state index contributed by atoms with van der Waals surface area (Å²) in [5.41, 5.74) is 6.72. The molecule has 2 aromatic carbocycles. The van der Waals surface area contributed by atoms with Crippen molar-refractivity contribution < 1.29 is 0 Å². The molecule has 2 aromatic rings. The molecular weight excluding hydrogens is 285 g/mol. The van der Waals surface area contributed by atoms with Crippen LogP contribution in [0.5, 0.6) is 0 Å². The Morgan fingerprint density at radius 3 is 2.28 bits per heavy atom. The molecule has 18 heavy (non-hydrogen) atoms. The van der Waals surface area contributed by atoms with E-state index in [4.69, 9.17) is 28.9 Å². The Hall–Kier alpha value is -0.670. The van der Waals surface area contributed by atoms with Crippen LogP contribution in [0.1, 0.15) is 5.56 Å². The Balaban J connectivity index is 2.34. The van der Waals surface area contributed by atoms with Crippen molar-refractivity contribution >= 4 is 35.0 Å². The highest BCUT2D eigenvalue weighted by atomic mass is 35.5. The van der Waals surface area contributed by atoms with E-state index in [9.17, 15) is 0 Å². The number of rotatable bonds is 4. The van der Waals surface area contributed by atoms with Gasteiger partial charge in [0, 0.05) is 14.8 Å². The van der Waals surface area contributed by atoms with Crippen LogP contribution in [0.3, 0.4) is 0 Å². The van der Waals surface area contributed by atoms with E-state index in [0.29, 0.717) is 6.54 Å². The molecule has 0 aliphatic rings. The number of benzene rings is 2. The normalized spacial score (nSPS) is 10.6. The van der Waals surface area contributed by atoms with Crippen molar-refractivity contribution in [1.29, 1.82) is 0 Å². The van der Waals surface area contributed by atoms with Crippen molar-refractivity contribution in [2.24, 2.45) is 5.73 Å². The monoisotopic (exact) mass is 297 g/mol. The van der Waals surface area contributed by atoms with Gasteiger partial charge >= 0.3 is 0 Å². The van der Waals surface area contributed by atoms with Crippen LogP contribution >= 0.6 is 35.0 Å². The maximum Gasteiger partial charge on any atom is 0.0545 e. The summed E-state index contributed by atoms with van der Waals surface area (Å²) < 4.78 is 0. The number of halogens is 2. The van der Waals surface area contributed by atoms with Crippen LogP contribution < -0.4 is 5.73 Å². The van der Waals surface area contributed by atoms with Crippen molar-refractivity contribution in [3.8, 4) is 0 Å². The minimum Gasteiger partial charge on any atom is -0.330 e. The molecule has 0 atom stereocenters. The Bertz CT molecular complexity index is 543. The summed E-state index contributed by atoms with van der Waals surface area (Å²) >= 11 is 14.0. The lowest BCUT2D eigenvalue weighted by Gasteiger charge is -2.11. The molecule has 0 heterocycles. The zero-order chi connectivity index (χ0) is 13.0. The average molecular weight is 298 g/mol. The van der Waals surface area contributed by atoms with Crippen LogP contribution in [0.25, 0.3) is 0 Å². The van der Waals surface area contributed by atoms with Gasteiger partial charge in [-0.05, 0) is 42.8 Å². The largest absolute Gasteiger partial charge is 0.330 e. The van der Waals surface area contributed by atoms with Crippen molar-refractivity contribution in [3.05, 3.63) is 58.1 Å². The molecule has 0 amide bonds. The maximum atomic E-state index is 6.21. The third kappa shape index (κ3) is 3.21. The highest BCUT2D eigenvalue weighted by molar-refractivity contribution is 7.99. The van der Waals surface area contributed by atoms with E-state index in [2.05, 4.69) is 0 Å². The summed E-state index contributed by atoms with van der Waals surface area (Å²) in [5, 5.41) is 1.51. The fourth-order valence-electron chi connectivity index (χ4n) is 1.67. The molecule has 2 N–H and O–H groups in total. The molecule has 0 spiro atoms. The fourth-order valence-corrected chi connectivity index (χ4v) is 3.27. The lowest BCUT2D eigenvalue weighted by atomic mass is 10.1. The summed E-state index contributed by atoms with van der Waals surface area (Å²) in [7, 11) is 0. The molecule has 1 nitrogen and oxygen atoms in total. The molecule has 94 valence electrons. The van der Waals surface area contributed by atoms with Gasteiger partial charge in [-0.2, -0.15) is 0 Å². The van der Waals surface area contributed by atoms with Gasteiger partial charge in [0.15, 0.2) is 0 Å². The number of hydrogen-bond acceptors (Lipinski definition) is 2. The maximum absolute atomic E-state index is 6.21. The lowest BCUT2D eigenvalue weighted by molar-refractivity contribution is 0.944. The quantitative estimate of drug-likeness (QED) is 0.889. The molecule has 0 saturated heterocycles. The molecule has 0 unspecified atom stereocenters. The van der Waals surface area contributed by atoms with Gasteiger partial charge in [-0.15, -0.1) is 0 Å². The van der Waals surface area contributed by atoms with E-state index in [1.807, 2.05) is 42.5 Å². The second kappa shape index (κ2) is 6.48. The van der Waals surface area contributed by atoms with Gasteiger partial charge in [0.25, 0.3) is 0 Å². The van der Waals surface area contributed by atoms with E-state index in [-0.39, 0.29) is 0 Å². The highest BCUT2D eigenvalue weighted by Gasteiger charge is 2.09. The second-order valence-corrected chi connectivity index (χ2v) is 5.69. The Labute approximate surface area is 121 Å². The summed E-state index contributed by atoms with van der Waals surface area (Å²) in [5.74, 6) is 0. The van der Waals surface area contributed by atoms with Crippen LogP contribution in [0.15, 0.2) is 52.3 Å². The molecule has 0 aliphatic heterocycles. The van der Waals surface area contributed by atoms with Crippen molar-refractivity contribution in [1.82, 2.24) is 0 Å². The lowest BCUT2D eigenvalue weighted by Crippen LogP contribution is -2.04. The van der Waals surface area contributed by atoms with Crippen molar-refractivity contribution in [3.63, 3.8) is 0 Å². The van der Waals surface area contributed by atoms with E-state index in [1.165, 1.54) is 0 Å². The standard InChI is InChI=1S/C14H13Cl2NS/c15-11-5-3-7-13(10(11)8-9-17)18-14-6-2-1-4-12(14)16/h1-7H,8-9,17H2. The summed E-state index contributed by atoms with van der Waals surface area (Å²) in [6.45, 7) is 0.583. The molecule has 0 radical (unpaired) electrons. The summed E-state index contributed by atoms with van der Waals surface area (Å²) in [4.78, 5) is 2.14. The summed E-state index contributed by atoms with van der Waals surface area (Å²) in [6.07, 6.45) is 0.770. The van der Waals surface area contributed by atoms with Crippen molar-refractivity contribution in [2.75, 3.05) is 6.54 Å². The van der Waals surface area contributed by atoms with Gasteiger partial charge in [-0.1, -0.05) is 53.2 Å². The highest BCUT2D eigenvalue weighted by Crippen LogP contribution is 2.37. The van der Waals surface area contributed by atoms with Crippen LogP contribution in [-0.4, -0.2) is 6.54 Å². The molecule has 0 aliphatic carbocycles. The second-order valence-electron chi connectivity index (χ2n) is 3.79. The molecule has 2 rings (SSSR count). The summed E-state index contributed by atoms with van der Waals surface area (Å²) in [6, 6.07) is 13.7. The first-order valence-electron chi connectivity index (χ1n) is 5.62. The van der Waals surface area contributed by atoms with Crippen LogP contribution in [0, 0.1) is 0 Å². The van der Waals surface area contributed by atoms with E-state index < -0.39 is 0 Å². The fraction of sp³-hybridized carbons (Fsp3) is 0.143. The molecule has 0 saturated carbocycles. The molecule has 0 bridgehead atoms. The third-order valence-electron chi connectivity index (χ3n) is 2.53. The van der Waals surface area contributed by atoms with Gasteiger partial charge < -0.3 is 5.73 Å². The zero-order valence-corrected chi connectivity index (χ0v) is 12.0. The predicted molar refractivity (Wildman–Crippen MR) is 79.8 cm³/mol. The first-order valence-corrected chi connectivity index (χ1v) is 7.19. The van der Waals surface area contributed by atoms with Gasteiger partial charge in [0.2, 0.25) is 0 Å². The Kier molecular flexibility index (Phi) is 4.95. The van der Waals surface area contributed by atoms with Gasteiger partial charge in [0.05, 0.1) is 5.02 Å². The van der Waals surface area contributed by atoms with E-state index >= 15 is 0 Å². The van der Waals surface area contributed by atoms with E-state index in [1.54, 1.807) is 11.8 Å². The third-order valence-corrected chi connectivity index (χ3v) is 4.50. The Morgan fingerprint density at radius 2 is 1.56 bits per heavy atom. The van der Waals surface area contributed by atoms with Gasteiger partial charge in [-0.25, -0.2) is 0 Å². The predicted octanol–water partition coefficient (Wildman–Crippen LogP) is 4.65. The van der Waals surface area contributed by atoms with Crippen LogP contribution in [0.4, 0.5) is 0 Å². The first kappa shape index (κ1) is 13.8. The SMILES string of the molecule is NCCc1c(Cl)cccc1Sc1ccccc1Cl. The molecule has 0 fully saturated rings. The average Bonchev–Trinajstić information content (AvgIpc) is 2.36. The first-order chi connectivity index (χ1) is 8.72. The van der Waals surface area contributed by atoms with Crippen LogP contribution in [-0.2, 0) is 6.42 Å². The van der Waals surface area contributed by atoms with E-state index in [0.717, 1.165) is 31.8 Å². The molecule has 0 aromatic heterocycles.